The van der Waals surface area contributed by atoms with Gasteiger partial charge in [-0.3, -0.25) is 33.7 Å². The summed E-state index contributed by atoms with van der Waals surface area (Å²) in [6.07, 6.45) is 2.19. The van der Waals surface area contributed by atoms with Crippen molar-refractivity contribution in [2.75, 3.05) is 17.3 Å². The third-order valence-electron chi connectivity index (χ3n) is 8.13. The smallest absolute Gasteiger partial charge is 0.306 e. The Morgan fingerprint density at radius 1 is 0.978 bits per heavy atom. The van der Waals surface area contributed by atoms with Crippen molar-refractivity contribution < 1.29 is 28.7 Å². The second kappa shape index (κ2) is 11.9. The molecule has 46 heavy (non-hydrogen) atoms. The van der Waals surface area contributed by atoms with E-state index in [2.05, 4.69) is 5.32 Å². The minimum Gasteiger partial charge on any atom is -0.460 e. The lowest BCUT2D eigenvalue weighted by atomic mass is 9.94. The van der Waals surface area contributed by atoms with Crippen LogP contribution in [-0.4, -0.2) is 57.8 Å². The molecule has 1 aromatic heterocycles. The van der Waals surface area contributed by atoms with Gasteiger partial charge < -0.3 is 25.3 Å². The van der Waals surface area contributed by atoms with Crippen LogP contribution in [-0.2, 0) is 32.6 Å². The van der Waals surface area contributed by atoms with E-state index in [-0.39, 0.29) is 35.4 Å². The standard InChI is InChI=1S/C34H37N5O7/c1-18-14-20(17-37(5)31(18)43)22-15-19-10-12-27(40)38(6)26(19)16-24(22)36-23-9-7-8-21-29(23)33(45)39(32(21)44)25(30(35)42)11-13-28(41)46-34(2,3)4/h7-9,14-17,25,36H,10-13H2,1-6H3,(H2,35,42)/t25-/m0/s1. The van der Waals surface area contributed by atoms with Crippen LogP contribution in [0.1, 0.15) is 71.9 Å². The lowest BCUT2D eigenvalue weighted by Crippen LogP contribution is -2.48. The number of carbonyl (C=O) groups excluding carboxylic acids is 5. The number of aryl methyl sites for hydroxylation is 3. The van der Waals surface area contributed by atoms with Crippen molar-refractivity contribution in [1.29, 1.82) is 0 Å². The molecule has 4 amide bonds. The molecular weight excluding hydrogens is 590 g/mol. The minimum absolute atomic E-state index is 0.0370. The third-order valence-corrected chi connectivity index (χ3v) is 8.13. The van der Waals surface area contributed by atoms with Gasteiger partial charge in [0.15, 0.2) is 0 Å². The zero-order valence-corrected chi connectivity index (χ0v) is 26.7. The second-order valence-corrected chi connectivity index (χ2v) is 12.7. The number of nitrogens with one attached hydrogen (secondary N) is 1. The maximum Gasteiger partial charge on any atom is 0.306 e. The van der Waals surface area contributed by atoms with Gasteiger partial charge >= 0.3 is 5.97 Å². The van der Waals surface area contributed by atoms with Crippen LogP contribution in [0.5, 0.6) is 0 Å². The summed E-state index contributed by atoms with van der Waals surface area (Å²) in [4.78, 5) is 79.8. The van der Waals surface area contributed by atoms with Gasteiger partial charge in [0.1, 0.15) is 11.6 Å². The van der Waals surface area contributed by atoms with Crippen molar-refractivity contribution in [3.8, 4) is 11.1 Å². The summed E-state index contributed by atoms with van der Waals surface area (Å²) in [5.41, 5.74) is 9.33. The van der Waals surface area contributed by atoms with E-state index in [1.54, 1.807) is 71.1 Å². The van der Waals surface area contributed by atoms with E-state index >= 15 is 0 Å². The Morgan fingerprint density at radius 3 is 2.35 bits per heavy atom. The third kappa shape index (κ3) is 6.02. The van der Waals surface area contributed by atoms with Gasteiger partial charge in [0.25, 0.3) is 17.4 Å². The molecule has 0 saturated carbocycles. The van der Waals surface area contributed by atoms with E-state index in [9.17, 15) is 28.8 Å². The summed E-state index contributed by atoms with van der Waals surface area (Å²) in [6, 6.07) is 8.91. The number of nitrogens with zero attached hydrogens (tertiary/aromatic N) is 3. The highest BCUT2D eigenvalue weighted by Gasteiger charge is 2.44. The molecule has 0 aliphatic carbocycles. The molecule has 12 nitrogen and oxygen atoms in total. The molecule has 2 aromatic carbocycles. The van der Waals surface area contributed by atoms with E-state index in [0.717, 1.165) is 21.6 Å². The first-order valence-corrected chi connectivity index (χ1v) is 15.0. The maximum atomic E-state index is 13.9. The van der Waals surface area contributed by atoms with Crippen molar-refractivity contribution in [1.82, 2.24) is 9.47 Å². The number of amides is 4. The lowest BCUT2D eigenvalue weighted by molar-refractivity contribution is -0.155. The van der Waals surface area contributed by atoms with E-state index in [1.165, 1.54) is 10.6 Å². The molecule has 5 rings (SSSR count). The number of ether oxygens (including phenoxy) is 1. The molecule has 3 aromatic rings. The highest BCUT2D eigenvalue weighted by Crippen LogP contribution is 2.41. The second-order valence-electron chi connectivity index (χ2n) is 12.7. The molecule has 0 unspecified atom stereocenters. The quantitative estimate of drug-likeness (QED) is 0.283. The highest BCUT2D eigenvalue weighted by atomic mass is 16.6. The number of rotatable bonds is 8. The molecule has 3 N–H and O–H groups in total. The Morgan fingerprint density at radius 2 is 1.70 bits per heavy atom. The molecule has 1 atom stereocenters. The van der Waals surface area contributed by atoms with Crippen molar-refractivity contribution in [3.63, 3.8) is 0 Å². The first-order chi connectivity index (χ1) is 21.6. The van der Waals surface area contributed by atoms with Gasteiger partial charge in [0.05, 0.1) is 16.8 Å². The monoisotopic (exact) mass is 627 g/mol. The lowest BCUT2D eigenvalue weighted by Gasteiger charge is -2.28. The van der Waals surface area contributed by atoms with Crippen molar-refractivity contribution in [3.05, 3.63) is 75.2 Å². The van der Waals surface area contributed by atoms with E-state index in [0.29, 0.717) is 35.5 Å². The van der Waals surface area contributed by atoms with Gasteiger partial charge in [-0.05, 0) is 76.4 Å². The van der Waals surface area contributed by atoms with Crippen LogP contribution in [0.15, 0.2) is 47.4 Å². The first-order valence-electron chi connectivity index (χ1n) is 15.0. The van der Waals surface area contributed by atoms with Crippen LogP contribution < -0.4 is 21.5 Å². The molecule has 2 aliphatic heterocycles. The average molecular weight is 628 g/mol. The van der Waals surface area contributed by atoms with E-state index in [1.807, 2.05) is 12.1 Å². The molecule has 0 bridgehead atoms. The average Bonchev–Trinajstić information content (AvgIpc) is 3.22. The van der Waals surface area contributed by atoms with Crippen LogP contribution in [0.4, 0.5) is 17.1 Å². The summed E-state index contributed by atoms with van der Waals surface area (Å²) in [5, 5.41) is 3.31. The zero-order chi connectivity index (χ0) is 33.7. The van der Waals surface area contributed by atoms with Gasteiger partial charge in [-0.15, -0.1) is 0 Å². The normalized spacial score (nSPS) is 15.0. The number of esters is 1. The van der Waals surface area contributed by atoms with Crippen LogP contribution in [0, 0.1) is 6.92 Å². The first kappa shape index (κ1) is 32.1. The largest absolute Gasteiger partial charge is 0.460 e. The summed E-state index contributed by atoms with van der Waals surface area (Å²) in [7, 11) is 3.36. The minimum atomic E-state index is -1.37. The fourth-order valence-corrected chi connectivity index (χ4v) is 5.94. The number of nitrogens with two attached hydrogens (primary N) is 1. The number of anilines is 3. The molecule has 2 aliphatic rings. The van der Waals surface area contributed by atoms with E-state index < -0.39 is 35.3 Å². The molecule has 12 heteroatoms. The predicted octanol–water partition coefficient (Wildman–Crippen LogP) is 3.59. The maximum absolute atomic E-state index is 13.9. The van der Waals surface area contributed by atoms with Crippen LogP contribution in [0.3, 0.4) is 0 Å². The van der Waals surface area contributed by atoms with Gasteiger partial charge in [0, 0.05) is 61.2 Å². The fraction of sp³-hybridized carbons (Fsp3) is 0.353. The molecule has 0 saturated heterocycles. The summed E-state index contributed by atoms with van der Waals surface area (Å²) in [5.74, 6) is -3.00. The highest BCUT2D eigenvalue weighted by molar-refractivity contribution is 6.25. The Kier molecular flexibility index (Phi) is 8.33. The summed E-state index contributed by atoms with van der Waals surface area (Å²) < 4.78 is 6.81. The van der Waals surface area contributed by atoms with Gasteiger partial charge in [-0.2, -0.15) is 0 Å². The number of benzene rings is 2. The van der Waals surface area contributed by atoms with E-state index in [4.69, 9.17) is 10.5 Å². The number of hydrogen-bond donors (Lipinski definition) is 2. The number of pyridine rings is 1. The molecule has 3 heterocycles. The Labute approximate surface area is 266 Å². The Balaban J connectivity index is 1.55. The number of imide groups is 1. The van der Waals surface area contributed by atoms with Gasteiger partial charge in [0.2, 0.25) is 11.8 Å². The van der Waals surface area contributed by atoms with Crippen molar-refractivity contribution >= 4 is 46.7 Å². The van der Waals surface area contributed by atoms with Crippen LogP contribution in [0.25, 0.3) is 11.1 Å². The predicted molar refractivity (Wildman–Crippen MR) is 172 cm³/mol. The zero-order valence-electron chi connectivity index (χ0n) is 26.7. The molecule has 240 valence electrons. The summed E-state index contributed by atoms with van der Waals surface area (Å²) in [6.45, 7) is 6.85. The summed E-state index contributed by atoms with van der Waals surface area (Å²) >= 11 is 0. The van der Waals surface area contributed by atoms with Gasteiger partial charge in [-0.1, -0.05) is 6.07 Å². The molecule has 0 fully saturated rings. The van der Waals surface area contributed by atoms with Crippen LogP contribution in [0.2, 0.25) is 0 Å². The fourth-order valence-electron chi connectivity index (χ4n) is 5.94. The number of hydrogen-bond acceptors (Lipinski definition) is 8. The van der Waals surface area contributed by atoms with Crippen molar-refractivity contribution in [2.24, 2.45) is 12.8 Å². The SMILES string of the molecule is Cc1cc(-c2cc3c(cc2Nc2cccc4c2C(=O)N([C@@H](CCC(=O)OC(C)(C)C)C(N)=O)C4=O)N(C)C(=O)CC3)cn(C)c1=O. The Bertz CT molecular complexity index is 1840. The number of aromatic nitrogens is 1. The molecule has 0 radical (unpaired) electrons. The van der Waals surface area contributed by atoms with Crippen molar-refractivity contribution in [2.45, 2.75) is 65.0 Å². The topological polar surface area (TPSA) is 161 Å². The number of fused-ring (bicyclic) bond motifs is 2. The molecular formula is C34H37N5O7. The molecule has 0 spiro atoms. The number of carbonyl (C=O) groups is 5. The van der Waals surface area contributed by atoms with Gasteiger partial charge in [-0.25, -0.2) is 0 Å². The number of primary amides is 1. The van der Waals surface area contributed by atoms with Crippen LogP contribution >= 0.6 is 0 Å². The Hall–Kier alpha value is -5.26.